The molecule has 0 saturated carbocycles. The molecule has 0 aromatic heterocycles. The molecule has 0 aliphatic carbocycles. The maximum atomic E-state index is 11.7. The van der Waals surface area contributed by atoms with Crippen LogP contribution in [0.3, 0.4) is 0 Å². The molecule has 0 bridgehead atoms. The van der Waals surface area contributed by atoms with Crippen molar-refractivity contribution in [1.82, 2.24) is 0 Å². The number of esters is 2. The van der Waals surface area contributed by atoms with Gasteiger partial charge in [-0.15, -0.1) is 0 Å². The van der Waals surface area contributed by atoms with Gasteiger partial charge in [-0.25, -0.2) is 0 Å². The highest BCUT2D eigenvalue weighted by Gasteiger charge is 2.53. The Morgan fingerprint density at radius 1 is 1.11 bits per heavy atom. The van der Waals surface area contributed by atoms with Gasteiger partial charge in [0, 0.05) is 31.5 Å². The van der Waals surface area contributed by atoms with Crippen LogP contribution in [0.1, 0.15) is 25.7 Å². The molecule has 2 heterocycles. The number of carbonyl (C=O) groups is 2. The third kappa shape index (κ3) is 4.59. The van der Waals surface area contributed by atoms with Crippen molar-refractivity contribution >= 4 is 23.5 Å². The van der Waals surface area contributed by atoms with E-state index in [1.165, 1.54) is 21.0 Å². The predicted octanol–water partition coefficient (Wildman–Crippen LogP) is 1.99. The number of halogens is 1. The molecule has 3 rings (SSSR count). The first-order valence-electron chi connectivity index (χ1n) is 8.44. The van der Waals surface area contributed by atoms with Crippen LogP contribution in [0.2, 0.25) is 5.02 Å². The van der Waals surface area contributed by atoms with Crippen molar-refractivity contribution in [3.05, 3.63) is 34.9 Å². The monoisotopic (exact) mass is 400 g/mol. The second-order valence-electron chi connectivity index (χ2n) is 6.25. The molecule has 0 spiro atoms. The van der Waals surface area contributed by atoms with E-state index in [0.717, 1.165) is 0 Å². The Bertz CT molecular complexity index is 696. The van der Waals surface area contributed by atoms with Crippen molar-refractivity contribution in [1.29, 1.82) is 0 Å². The first-order valence-corrected chi connectivity index (χ1v) is 8.82. The summed E-state index contributed by atoms with van der Waals surface area (Å²) in [6.07, 6.45) is -4.83. The van der Waals surface area contributed by atoms with Gasteiger partial charge >= 0.3 is 11.9 Å². The lowest BCUT2D eigenvalue weighted by Gasteiger charge is -2.47. The van der Waals surface area contributed by atoms with Crippen LogP contribution in [0.15, 0.2) is 24.3 Å². The van der Waals surface area contributed by atoms with Crippen molar-refractivity contribution < 1.29 is 38.0 Å². The molecule has 8 nitrogen and oxygen atoms in total. The van der Waals surface area contributed by atoms with E-state index >= 15 is 0 Å². The lowest BCUT2D eigenvalue weighted by molar-refractivity contribution is -0.359. The Labute approximate surface area is 161 Å². The summed E-state index contributed by atoms with van der Waals surface area (Å²) in [7, 11) is 1.41. The largest absolute Gasteiger partial charge is 0.455 e. The van der Waals surface area contributed by atoms with Crippen LogP contribution in [0, 0.1) is 0 Å². The lowest BCUT2D eigenvalue weighted by Crippen LogP contribution is -2.64. The zero-order valence-corrected chi connectivity index (χ0v) is 15.9. The Balaban J connectivity index is 1.87. The maximum absolute atomic E-state index is 11.7. The molecule has 6 atom stereocenters. The summed E-state index contributed by atoms with van der Waals surface area (Å²) in [5.41, 5.74) is 0.709. The molecule has 0 amide bonds. The van der Waals surface area contributed by atoms with Crippen molar-refractivity contribution in [2.45, 2.75) is 50.8 Å². The van der Waals surface area contributed by atoms with Gasteiger partial charge in [-0.1, -0.05) is 23.7 Å². The fourth-order valence-corrected chi connectivity index (χ4v) is 3.40. The Hall–Kier alpha value is -1.71. The molecule has 2 aliphatic heterocycles. The van der Waals surface area contributed by atoms with Crippen LogP contribution in [0.5, 0.6) is 0 Å². The second kappa shape index (κ2) is 8.53. The third-order valence-corrected chi connectivity index (χ3v) is 4.48. The molecule has 0 radical (unpaired) electrons. The van der Waals surface area contributed by atoms with Gasteiger partial charge in [0.05, 0.1) is 6.61 Å². The number of hydrogen-bond donors (Lipinski definition) is 0. The predicted molar refractivity (Wildman–Crippen MR) is 91.8 cm³/mol. The summed E-state index contributed by atoms with van der Waals surface area (Å²) in [4.78, 5) is 23.2. The van der Waals surface area contributed by atoms with Crippen LogP contribution in [0.25, 0.3) is 0 Å². The highest BCUT2D eigenvalue weighted by atomic mass is 35.5. The molecular formula is C18H21ClO8. The first kappa shape index (κ1) is 20.0. The summed E-state index contributed by atoms with van der Waals surface area (Å²) in [5, 5.41) is 0.537. The zero-order chi connectivity index (χ0) is 19.6. The van der Waals surface area contributed by atoms with Gasteiger partial charge < -0.3 is 28.4 Å². The highest BCUT2D eigenvalue weighted by molar-refractivity contribution is 6.30. The van der Waals surface area contributed by atoms with Gasteiger partial charge in [0.1, 0.15) is 12.2 Å². The van der Waals surface area contributed by atoms with Crippen molar-refractivity contribution in [3.8, 4) is 0 Å². The number of benzene rings is 1. The molecule has 148 valence electrons. The molecular weight excluding hydrogens is 380 g/mol. The SMILES string of the molecule is CO[C@H]1O[C@@H]2COC(c3cccc(Cl)c3)O[C@H]2[C@H](OC(C)=O)[C@H]1OC(C)=O. The quantitative estimate of drug-likeness (QED) is 0.709. The van der Waals surface area contributed by atoms with E-state index in [1.54, 1.807) is 18.2 Å². The molecule has 9 heteroatoms. The number of carbonyl (C=O) groups excluding carboxylic acids is 2. The number of methoxy groups -OCH3 is 1. The Morgan fingerprint density at radius 2 is 1.81 bits per heavy atom. The summed E-state index contributed by atoms with van der Waals surface area (Å²) in [6, 6.07) is 7.05. The van der Waals surface area contributed by atoms with Gasteiger partial charge in [-0.05, 0) is 12.1 Å². The van der Waals surface area contributed by atoms with Gasteiger partial charge in [0.2, 0.25) is 0 Å². The lowest BCUT2D eigenvalue weighted by atomic mass is 9.97. The van der Waals surface area contributed by atoms with E-state index in [2.05, 4.69) is 0 Å². The summed E-state index contributed by atoms with van der Waals surface area (Å²) in [6.45, 7) is 2.69. The molecule has 2 fully saturated rings. The minimum Gasteiger partial charge on any atom is -0.455 e. The van der Waals surface area contributed by atoms with E-state index in [0.29, 0.717) is 10.6 Å². The topological polar surface area (TPSA) is 89.5 Å². The summed E-state index contributed by atoms with van der Waals surface area (Å²) >= 11 is 6.04. The van der Waals surface area contributed by atoms with Gasteiger partial charge in [0.25, 0.3) is 0 Å². The van der Waals surface area contributed by atoms with Crippen LogP contribution >= 0.6 is 11.6 Å². The van der Waals surface area contributed by atoms with Crippen molar-refractivity contribution in [2.24, 2.45) is 0 Å². The highest BCUT2D eigenvalue weighted by Crippen LogP contribution is 2.37. The van der Waals surface area contributed by atoms with Crippen LogP contribution in [-0.4, -0.2) is 56.4 Å². The second-order valence-corrected chi connectivity index (χ2v) is 6.68. The van der Waals surface area contributed by atoms with E-state index in [9.17, 15) is 9.59 Å². The van der Waals surface area contributed by atoms with Crippen LogP contribution in [0.4, 0.5) is 0 Å². The molecule has 0 N–H and O–H groups in total. The number of hydrogen-bond acceptors (Lipinski definition) is 8. The molecule has 2 aliphatic rings. The smallest absolute Gasteiger partial charge is 0.303 e. The maximum Gasteiger partial charge on any atom is 0.303 e. The van der Waals surface area contributed by atoms with Gasteiger partial charge in [-0.3, -0.25) is 9.59 Å². The van der Waals surface area contributed by atoms with Gasteiger partial charge in [-0.2, -0.15) is 0 Å². The number of ether oxygens (including phenoxy) is 6. The average molecular weight is 401 g/mol. The summed E-state index contributed by atoms with van der Waals surface area (Å²) < 4.78 is 33.6. The van der Waals surface area contributed by atoms with E-state index in [-0.39, 0.29) is 6.61 Å². The van der Waals surface area contributed by atoms with E-state index in [4.69, 9.17) is 40.0 Å². The third-order valence-electron chi connectivity index (χ3n) is 4.24. The zero-order valence-electron chi connectivity index (χ0n) is 15.1. The van der Waals surface area contributed by atoms with Crippen LogP contribution < -0.4 is 0 Å². The molecule has 2 saturated heterocycles. The van der Waals surface area contributed by atoms with Crippen LogP contribution in [-0.2, 0) is 38.0 Å². The van der Waals surface area contributed by atoms with Crippen molar-refractivity contribution in [2.75, 3.05) is 13.7 Å². The normalized spacial score (nSPS) is 33.0. The van der Waals surface area contributed by atoms with E-state index < -0.39 is 48.9 Å². The number of rotatable bonds is 4. The Morgan fingerprint density at radius 3 is 2.44 bits per heavy atom. The fraction of sp³-hybridized carbons (Fsp3) is 0.556. The van der Waals surface area contributed by atoms with E-state index in [1.807, 2.05) is 6.07 Å². The molecule has 1 aromatic carbocycles. The molecule has 1 unspecified atom stereocenters. The minimum absolute atomic E-state index is 0.173. The minimum atomic E-state index is -0.976. The first-order chi connectivity index (χ1) is 12.9. The average Bonchev–Trinajstić information content (AvgIpc) is 2.62. The summed E-state index contributed by atoms with van der Waals surface area (Å²) in [5.74, 6) is -1.10. The fourth-order valence-electron chi connectivity index (χ4n) is 3.20. The van der Waals surface area contributed by atoms with Gasteiger partial charge in [0.15, 0.2) is 24.8 Å². The Kier molecular flexibility index (Phi) is 6.33. The standard InChI is InChI=1S/C18H21ClO8/c1-9(20)24-15-14-13(26-18(22-3)16(15)25-10(2)21)8-23-17(27-14)11-5-4-6-12(19)7-11/h4-7,13-18H,8H2,1-3H3/t13-,14-,15+,16-,17?,18+/m1/s1. The van der Waals surface area contributed by atoms with Crippen molar-refractivity contribution in [3.63, 3.8) is 0 Å². The number of fused-ring (bicyclic) bond motifs is 1. The molecule has 27 heavy (non-hydrogen) atoms. The molecule has 1 aromatic rings.